The van der Waals surface area contributed by atoms with Gasteiger partial charge in [0.1, 0.15) is 17.8 Å². The van der Waals surface area contributed by atoms with Gasteiger partial charge >= 0.3 is 0 Å². The minimum absolute atomic E-state index is 0.228. The number of carbonyl (C=O) groups excluding carboxylic acids is 1. The highest BCUT2D eigenvalue weighted by molar-refractivity contribution is 6.04. The van der Waals surface area contributed by atoms with Crippen molar-refractivity contribution in [2.24, 2.45) is 0 Å². The third-order valence-corrected chi connectivity index (χ3v) is 4.45. The molecule has 1 N–H and O–H groups in total. The van der Waals surface area contributed by atoms with Gasteiger partial charge in [-0.3, -0.25) is 4.79 Å². The number of carbonyl (C=O) groups is 1. The fraction of sp³-hybridized carbons (Fsp3) is 0.263. The van der Waals surface area contributed by atoms with Gasteiger partial charge in [-0.05, 0) is 51.0 Å². The fourth-order valence-corrected chi connectivity index (χ4v) is 2.91. The van der Waals surface area contributed by atoms with Crippen LogP contribution in [0.5, 0.6) is 0 Å². The molecule has 2 heterocycles. The van der Waals surface area contributed by atoms with Crippen molar-refractivity contribution in [2.75, 3.05) is 5.32 Å². The van der Waals surface area contributed by atoms with E-state index in [-0.39, 0.29) is 5.56 Å². The van der Waals surface area contributed by atoms with E-state index in [2.05, 4.69) is 20.4 Å². The maximum atomic E-state index is 14.7. The molecule has 7 heteroatoms. The number of aryl methyl sites for hydroxylation is 2. The van der Waals surface area contributed by atoms with Crippen molar-refractivity contribution in [3.05, 3.63) is 65.3 Å². The Morgan fingerprint density at radius 3 is 2.77 bits per heavy atom. The molecule has 4 rings (SSSR count). The molecule has 1 aliphatic rings. The van der Waals surface area contributed by atoms with Gasteiger partial charge in [0.25, 0.3) is 5.91 Å². The first-order valence-electron chi connectivity index (χ1n) is 8.47. The molecule has 1 aliphatic carbocycles. The normalized spacial score (nSPS) is 13.7. The predicted octanol–water partition coefficient (Wildman–Crippen LogP) is 3.55. The van der Waals surface area contributed by atoms with E-state index in [1.165, 1.54) is 18.6 Å². The summed E-state index contributed by atoms with van der Waals surface area (Å²) in [5, 5.41) is 7.12. The number of hydrogen-bond donors (Lipinski definition) is 1. The molecule has 0 bridgehead atoms. The molecule has 0 radical (unpaired) electrons. The van der Waals surface area contributed by atoms with Gasteiger partial charge in [0.15, 0.2) is 0 Å². The summed E-state index contributed by atoms with van der Waals surface area (Å²) in [5.41, 5.74) is 3.61. The molecule has 0 unspecified atom stereocenters. The lowest BCUT2D eigenvalue weighted by molar-refractivity contribution is 0.102. The lowest BCUT2D eigenvalue weighted by Gasteiger charge is -2.10. The molecule has 0 atom stereocenters. The minimum Gasteiger partial charge on any atom is -0.319 e. The van der Waals surface area contributed by atoms with Crippen LogP contribution >= 0.6 is 0 Å². The topological polar surface area (TPSA) is 72.7 Å². The van der Waals surface area contributed by atoms with Gasteiger partial charge in [-0.25, -0.2) is 19.0 Å². The highest BCUT2D eigenvalue weighted by atomic mass is 19.1. The van der Waals surface area contributed by atoms with Crippen LogP contribution < -0.4 is 5.32 Å². The fourth-order valence-electron chi connectivity index (χ4n) is 2.91. The first-order valence-corrected chi connectivity index (χ1v) is 8.47. The number of nitrogens with one attached hydrogen (secondary N) is 1. The average molecular weight is 351 g/mol. The standard InChI is InChI=1S/C19H18FN5O/c1-11-7-18(13-3-4-13)25(24-11)17-6-5-14(8-15(17)20)19(26)23-16-9-21-10-22-12(16)2/h5-10,13H,3-4H2,1-2H3,(H,23,26). The first-order chi connectivity index (χ1) is 12.5. The van der Waals surface area contributed by atoms with Gasteiger partial charge in [-0.2, -0.15) is 5.10 Å². The molecule has 0 saturated heterocycles. The van der Waals surface area contributed by atoms with Crippen LogP contribution in [0.3, 0.4) is 0 Å². The lowest BCUT2D eigenvalue weighted by Crippen LogP contribution is -2.14. The maximum absolute atomic E-state index is 14.7. The van der Waals surface area contributed by atoms with Crippen molar-refractivity contribution in [2.45, 2.75) is 32.6 Å². The second-order valence-corrected chi connectivity index (χ2v) is 6.54. The molecule has 1 amide bonds. The quantitative estimate of drug-likeness (QED) is 0.780. The van der Waals surface area contributed by atoms with Crippen LogP contribution in [-0.2, 0) is 0 Å². The lowest BCUT2D eigenvalue weighted by atomic mass is 10.1. The van der Waals surface area contributed by atoms with Crippen molar-refractivity contribution in [3.8, 4) is 5.69 Å². The smallest absolute Gasteiger partial charge is 0.255 e. The second-order valence-electron chi connectivity index (χ2n) is 6.54. The number of nitrogens with zero attached hydrogens (tertiary/aromatic N) is 4. The SMILES string of the molecule is Cc1cc(C2CC2)n(-c2ccc(C(=O)Nc3cncnc3C)cc2F)n1. The third kappa shape index (κ3) is 3.08. The van der Waals surface area contributed by atoms with Crippen LogP contribution in [0.25, 0.3) is 5.69 Å². The van der Waals surface area contributed by atoms with Crippen LogP contribution in [0.15, 0.2) is 36.8 Å². The number of benzene rings is 1. The van der Waals surface area contributed by atoms with Crippen molar-refractivity contribution in [1.82, 2.24) is 19.7 Å². The second kappa shape index (κ2) is 6.33. The minimum atomic E-state index is -0.483. The average Bonchev–Trinajstić information content (AvgIpc) is 3.39. The van der Waals surface area contributed by atoms with Gasteiger partial charge in [0.2, 0.25) is 0 Å². The summed E-state index contributed by atoms with van der Waals surface area (Å²) < 4.78 is 16.4. The van der Waals surface area contributed by atoms with E-state index in [0.717, 1.165) is 24.2 Å². The number of rotatable bonds is 4. The molecule has 6 nitrogen and oxygen atoms in total. The van der Waals surface area contributed by atoms with Crippen molar-refractivity contribution in [1.29, 1.82) is 0 Å². The van der Waals surface area contributed by atoms with E-state index < -0.39 is 11.7 Å². The summed E-state index contributed by atoms with van der Waals surface area (Å²) in [6.45, 7) is 3.66. The first kappa shape index (κ1) is 16.4. The molecular weight excluding hydrogens is 333 g/mol. The molecule has 2 aromatic heterocycles. The zero-order valence-corrected chi connectivity index (χ0v) is 14.5. The highest BCUT2D eigenvalue weighted by Gasteiger charge is 2.29. The Labute approximate surface area is 150 Å². The van der Waals surface area contributed by atoms with Crippen molar-refractivity contribution < 1.29 is 9.18 Å². The third-order valence-electron chi connectivity index (χ3n) is 4.45. The van der Waals surface area contributed by atoms with Crippen molar-refractivity contribution >= 4 is 11.6 Å². The summed E-state index contributed by atoms with van der Waals surface area (Å²) in [6.07, 6.45) is 5.12. The van der Waals surface area contributed by atoms with Gasteiger partial charge < -0.3 is 5.32 Å². The highest BCUT2D eigenvalue weighted by Crippen LogP contribution is 2.41. The number of anilines is 1. The Hall–Kier alpha value is -3.09. The Bertz CT molecular complexity index is 993. The zero-order valence-electron chi connectivity index (χ0n) is 14.5. The summed E-state index contributed by atoms with van der Waals surface area (Å²) in [5.74, 6) is -0.448. The number of amides is 1. The number of halogens is 1. The van der Waals surface area contributed by atoms with Gasteiger partial charge in [0, 0.05) is 17.2 Å². The Morgan fingerprint density at radius 1 is 1.27 bits per heavy atom. The molecule has 132 valence electrons. The van der Waals surface area contributed by atoms with Gasteiger partial charge in [0.05, 0.1) is 23.3 Å². The van der Waals surface area contributed by atoms with Crippen molar-refractivity contribution in [3.63, 3.8) is 0 Å². The molecule has 1 aromatic carbocycles. The maximum Gasteiger partial charge on any atom is 0.255 e. The Morgan fingerprint density at radius 2 is 2.08 bits per heavy atom. The van der Waals surface area contributed by atoms with Crippen LogP contribution in [0, 0.1) is 19.7 Å². The molecule has 1 fully saturated rings. The zero-order chi connectivity index (χ0) is 18.3. The van der Waals surface area contributed by atoms with Crippen LogP contribution in [0.2, 0.25) is 0 Å². The molecular formula is C19H18FN5O. The molecule has 3 aromatic rings. The van der Waals surface area contributed by atoms with E-state index in [0.29, 0.717) is 23.0 Å². The molecule has 0 spiro atoms. The van der Waals surface area contributed by atoms with E-state index >= 15 is 0 Å². The molecule has 26 heavy (non-hydrogen) atoms. The van der Waals surface area contributed by atoms with E-state index in [4.69, 9.17) is 0 Å². The summed E-state index contributed by atoms with van der Waals surface area (Å²) in [4.78, 5) is 20.3. The van der Waals surface area contributed by atoms with Crippen LogP contribution in [0.4, 0.5) is 10.1 Å². The van der Waals surface area contributed by atoms with Crippen LogP contribution in [0.1, 0.15) is 46.2 Å². The summed E-state index contributed by atoms with van der Waals surface area (Å²) >= 11 is 0. The number of hydrogen-bond acceptors (Lipinski definition) is 4. The van der Waals surface area contributed by atoms with E-state index in [1.807, 2.05) is 13.0 Å². The monoisotopic (exact) mass is 351 g/mol. The Balaban J connectivity index is 1.62. The van der Waals surface area contributed by atoms with Gasteiger partial charge in [-0.1, -0.05) is 0 Å². The van der Waals surface area contributed by atoms with E-state index in [1.54, 1.807) is 23.7 Å². The van der Waals surface area contributed by atoms with Gasteiger partial charge in [-0.15, -0.1) is 0 Å². The summed E-state index contributed by atoms with van der Waals surface area (Å²) in [6, 6.07) is 6.42. The number of aromatic nitrogens is 4. The molecule has 0 aliphatic heterocycles. The Kier molecular flexibility index (Phi) is 3.99. The summed E-state index contributed by atoms with van der Waals surface area (Å²) in [7, 11) is 0. The molecule has 1 saturated carbocycles. The predicted molar refractivity (Wildman–Crippen MR) is 95.0 cm³/mol. The van der Waals surface area contributed by atoms with Crippen LogP contribution in [-0.4, -0.2) is 25.7 Å². The largest absolute Gasteiger partial charge is 0.319 e. The van der Waals surface area contributed by atoms with E-state index in [9.17, 15) is 9.18 Å².